The molecule has 0 aliphatic carbocycles. The molecule has 8 heteroatoms. The number of hydrogen-bond acceptors (Lipinski definition) is 5. The summed E-state index contributed by atoms with van der Waals surface area (Å²) < 4.78 is 18.7. The Bertz CT molecular complexity index is 849. The summed E-state index contributed by atoms with van der Waals surface area (Å²) in [6.45, 7) is 0.544. The average Bonchev–Trinajstić information content (AvgIpc) is 3.23. The van der Waals surface area contributed by atoms with Crippen LogP contribution in [-0.4, -0.2) is 31.4 Å². The Morgan fingerprint density at radius 2 is 2.08 bits per heavy atom. The highest BCUT2D eigenvalue weighted by Gasteiger charge is 2.24. The van der Waals surface area contributed by atoms with Gasteiger partial charge in [-0.05, 0) is 24.6 Å². The molecule has 6 nitrogen and oxygen atoms in total. The number of benzene rings is 1. The maximum atomic E-state index is 14.1. The van der Waals surface area contributed by atoms with Gasteiger partial charge in [0.1, 0.15) is 5.82 Å². The SMILES string of the molecule is COC(=O)c1cscc1NC(=O)c1cc(N2CCCC2=O)ccc1F. The van der Waals surface area contributed by atoms with Gasteiger partial charge in [0.2, 0.25) is 5.91 Å². The van der Waals surface area contributed by atoms with Crippen molar-refractivity contribution in [3.05, 3.63) is 45.9 Å². The van der Waals surface area contributed by atoms with E-state index in [1.54, 1.807) is 5.38 Å². The van der Waals surface area contributed by atoms with Crippen molar-refractivity contribution in [1.29, 1.82) is 0 Å². The number of esters is 1. The largest absolute Gasteiger partial charge is 0.465 e. The topological polar surface area (TPSA) is 75.7 Å². The van der Waals surface area contributed by atoms with Gasteiger partial charge in [-0.1, -0.05) is 0 Å². The van der Waals surface area contributed by atoms with Crippen LogP contribution in [-0.2, 0) is 9.53 Å². The van der Waals surface area contributed by atoms with Crippen LogP contribution in [0.15, 0.2) is 29.0 Å². The number of hydrogen-bond donors (Lipinski definition) is 1. The summed E-state index contributed by atoms with van der Waals surface area (Å²) in [5.74, 6) is -2.05. The highest BCUT2D eigenvalue weighted by molar-refractivity contribution is 7.08. The van der Waals surface area contributed by atoms with Gasteiger partial charge in [-0.25, -0.2) is 9.18 Å². The van der Waals surface area contributed by atoms with E-state index in [4.69, 9.17) is 0 Å². The smallest absolute Gasteiger partial charge is 0.340 e. The number of carbonyl (C=O) groups is 3. The van der Waals surface area contributed by atoms with Gasteiger partial charge in [-0.2, -0.15) is 0 Å². The number of nitrogens with zero attached hydrogens (tertiary/aromatic N) is 1. The lowest BCUT2D eigenvalue weighted by Gasteiger charge is -2.17. The third-order valence-electron chi connectivity index (χ3n) is 3.90. The number of amides is 2. The molecule has 0 radical (unpaired) electrons. The summed E-state index contributed by atoms with van der Waals surface area (Å²) in [6, 6.07) is 3.97. The first-order valence-corrected chi connectivity index (χ1v) is 8.51. The highest BCUT2D eigenvalue weighted by Crippen LogP contribution is 2.26. The van der Waals surface area contributed by atoms with Crippen molar-refractivity contribution in [1.82, 2.24) is 0 Å². The number of carbonyl (C=O) groups excluding carboxylic acids is 3. The van der Waals surface area contributed by atoms with Gasteiger partial charge in [-0.15, -0.1) is 11.3 Å². The molecule has 0 saturated carbocycles. The molecule has 0 spiro atoms. The van der Waals surface area contributed by atoms with Crippen molar-refractivity contribution in [3.8, 4) is 0 Å². The van der Waals surface area contributed by atoms with Gasteiger partial charge >= 0.3 is 5.97 Å². The lowest BCUT2D eigenvalue weighted by Crippen LogP contribution is -2.24. The average molecular weight is 362 g/mol. The van der Waals surface area contributed by atoms with Gasteiger partial charge < -0.3 is 15.0 Å². The quantitative estimate of drug-likeness (QED) is 0.848. The summed E-state index contributed by atoms with van der Waals surface area (Å²) in [6.07, 6.45) is 1.17. The molecule has 0 atom stereocenters. The van der Waals surface area contributed by atoms with Crippen molar-refractivity contribution in [2.45, 2.75) is 12.8 Å². The first-order valence-electron chi connectivity index (χ1n) is 7.57. The Balaban J connectivity index is 1.86. The molecule has 1 aliphatic heterocycles. The van der Waals surface area contributed by atoms with E-state index in [2.05, 4.69) is 10.1 Å². The monoisotopic (exact) mass is 362 g/mol. The number of anilines is 2. The van der Waals surface area contributed by atoms with E-state index in [-0.39, 0.29) is 22.7 Å². The fourth-order valence-corrected chi connectivity index (χ4v) is 3.38. The Morgan fingerprint density at radius 3 is 2.76 bits per heavy atom. The minimum Gasteiger partial charge on any atom is -0.465 e. The second kappa shape index (κ2) is 7.02. The van der Waals surface area contributed by atoms with E-state index < -0.39 is 17.7 Å². The zero-order valence-corrected chi connectivity index (χ0v) is 14.2. The normalized spacial score (nSPS) is 13.8. The van der Waals surface area contributed by atoms with E-state index in [9.17, 15) is 18.8 Å². The maximum absolute atomic E-state index is 14.1. The number of nitrogens with one attached hydrogen (secondary N) is 1. The molecule has 2 amide bonds. The first-order chi connectivity index (χ1) is 12.0. The second-order valence-corrected chi connectivity index (χ2v) is 6.20. The predicted molar refractivity (Wildman–Crippen MR) is 91.6 cm³/mol. The molecule has 1 N–H and O–H groups in total. The number of halogens is 1. The fraction of sp³-hybridized carbons (Fsp3) is 0.235. The van der Waals surface area contributed by atoms with E-state index >= 15 is 0 Å². The second-order valence-electron chi connectivity index (χ2n) is 5.46. The highest BCUT2D eigenvalue weighted by atomic mass is 32.1. The third-order valence-corrected chi connectivity index (χ3v) is 4.64. The standard InChI is InChI=1S/C17H15FN2O4S/c1-24-17(23)12-8-25-9-14(12)19-16(22)11-7-10(4-5-13(11)18)20-6-2-3-15(20)21/h4-5,7-9H,2-3,6H2,1H3,(H,19,22). The molecular formula is C17H15FN2O4S. The number of methoxy groups -OCH3 is 1. The third kappa shape index (κ3) is 3.39. The molecule has 1 fully saturated rings. The van der Waals surface area contributed by atoms with Crippen molar-refractivity contribution in [2.24, 2.45) is 0 Å². The Labute approximate surface area is 147 Å². The van der Waals surface area contributed by atoms with E-state index in [0.717, 1.165) is 12.5 Å². The van der Waals surface area contributed by atoms with Crippen LogP contribution < -0.4 is 10.2 Å². The number of ether oxygens (including phenoxy) is 1. The Morgan fingerprint density at radius 1 is 1.28 bits per heavy atom. The summed E-state index contributed by atoms with van der Waals surface area (Å²) in [4.78, 5) is 37.5. The van der Waals surface area contributed by atoms with Crippen LogP contribution in [0.25, 0.3) is 0 Å². The van der Waals surface area contributed by atoms with E-state index in [1.165, 1.54) is 40.9 Å². The van der Waals surface area contributed by atoms with E-state index in [0.29, 0.717) is 18.7 Å². The molecule has 2 aromatic rings. The number of thiophene rings is 1. The minimum atomic E-state index is -0.706. The van der Waals surface area contributed by atoms with Crippen LogP contribution >= 0.6 is 11.3 Å². The molecule has 3 rings (SSSR count). The fourth-order valence-electron chi connectivity index (χ4n) is 2.63. The molecule has 0 bridgehead atoms. The van der Waals surface area contributed by atoms with Crippen LogP contribution in [0.5, 0.6) is 0 Å². The van der Waals surface area contributed by atoms with Crippen molar-refractivity contribution in [2.75, 3.05) is 23.9 Å². The van der Waals surface area contributed by atoms with Crippen LogP contribution in [0.3, 0.4) is 0 Å². The zero-order valence-electron chi connectivity index (χ0n) is 13.4. The first kappa shape index (κ1) is 17.1. The maximum Gasteiger partial charge on any atom is 0.340 e. The molecule has 1 aromatic heterocycles. The number of rotatable bonds is 4. The molecule has 1 saturated heterocycles. The molecule has 0 unspecified atom stereocenters. The van der Waals surface area contributed by atoms with Crippen LogP contribution in [0.4, 0.5) is 15.8 Å². The lowest BCUT2D eigenvalue weighted by molar-refractivity contribution is -0.117. The van der Waals surface area contributed by atoms with Gasteiger partial charge in [0.25, 0.3) is 5.91 Å². The van der Waals surface area contributed by atoms with Gasteiger partial charge in [-0.3, -0.25) is 9.59 Å². The predicted octanol–water partition coefficient (Wildman–Crippen LogP) is 3.05. The summed E-state index contributed by atoms with van der Waals surface area (Å²) in [5.41, 5.74) is 0.739. The lowest BCUT2D eigenvalue weighted by atomic mass is 10.1. The molecule has 1 aliphatic rings. The summed E-state index contributed by atoms with van der Waals surface area (Å²) in [7, 11) is 1.24. The van der Waals surface area contributed by atoms with Crippen molar-refractivity contribution < 1.29 is 23.5 Å². The Hall–Kier alpha value is -2.74. The zero-order chi connectivity index (χ0) is 18.0. The van der Waals surface area contributed by atoms with Crippen molar-refractivity contribution in [3.63, 3.8) is 0 Å². The van der Waals surface area contributed by atoms with Gasteiger partial charge in [0.15, 0.2) is 0 Å². The van der Waals surface area contributed by atoms with Crippen LogP contribution in [0, 0.1) is 5.82 Å². The van der Waals surface area contributed by atoms with Crippen LogP contribution in [0.1, 0.15) is 33.6 Å². The molecule has 25 heavy (non-hydrogen) atoms. The molecule has 130 valence electrons. The van der Waals surface area contributed by atoms with E-state index in [1.807, 2.05) is 0 Å². The molecule has 1 aromatic carbocycles. The summed E-state index contributed by atoms with van der Waals surface area (Å²) in [5, 5.41) is 5.62. The molecule has 2 heterocycles. The van der Waals surface area contributed by atoms with Gasteiger partial charge in [0.05, 0.1) is 23.9 Å². The minimum absolute atomic E-state index is 0.0521. The van der Waals surface area contributed by atoms with Crippen molar-refractivity contribution >= 4 is 40.5 Å². The van der Waals surface area contributed by atoms with Crippen LogP contribution in [0.2, 0.25) is 0 Å². The molecular weight excluding hydrogens is 347 g/mol. The van der Waals surface area contributed by atoms with Gasteiger partial charge in [0, 0.05) is 29.4 Å². The Kier molecular flexibility index (Phi) is 4.80. The summed E-state index contributed by atoms with van der Waals surface area (Å²) >= 11 is 1.21.